The van der Waals surface area contributed by atoms with E-state index in [0.717, 1.165) is 23.4 Å². The predicted molar refractivity (Wildman–Crippen MR) is 79.3 cm³/mol. The number of hydrogen-bond acceptors (Lipinski definition) is 3. The molecule has 0 amide bonds. The number of nitrogens with zero attached hydrogens (tertiary/aromatic N) is 1. The largest absolute Gasteiger partial charge is 0.503 e. The van der Waals surface area contributed by atoms with Crippen LogP contribution in [0.15, 0.2) is 36.4 Å². The van der Waals surface area contributed by atoms with Crippen LogP contribution in [0.25, 0.3) is 0 Å². The van der Waals surface area contributed by atoms with Crippen molar-refractivity contribution in [1.29, 1.82) is 0 Å². The van der Waals surface area contributed by atoms with Crippen molar-refractivity contribution in [2.45, 2.75) is 13.1 Å². The third-order valence-corrected chi connectivity index (χ3v) is 3.19. The molecule has 0 fully saturated rings. The Hall–Kier alpha value is -2.14. The fraction of sp³-hybridized carbons (Fsp3) is 0.250. The maximum atomic E-state index is 13.2. The molecule has 5 heteroatoms. The standard InChI is InChI=1S/C16H18F2N2O/c1-20(2)13-5-3-11(4-6-13)9-19-10-12-7-14(17)16(21)15(18)8-12/h3-8,19,21H,9-10H2,1-2H3. The molecule has 0 aliphatic heterocycles. The van der Waals surface area contributed by atoms with E-state index < -0.39 is 17.4 Å². The molecule has 3 nitrogen and oxygen atoms in total. The van der Waals surface area contributed by atoms with Gasteiger partial charge in [-0.25, -0.2) is 8.78 Å². The molecule has 0 bridgehead atoms. The SMILES string of the molecule is CN(C)c1ccc(CNCc2cc(F)c(O)c(F)c2)cc1. The van der Waals surface area contributed by atoms with Crippen LogP contribution in [0.2, 0.25) is 0 Å². The predicted octanol–water partition coefficient (Wildman–Crippen LogP) is 3.03. The van der Waals surface area contributed by atoms with Crippen LogP contribution in [0.1, 0.15) is 11.1 Å². The van der Waals surface area contributed by atoms with E-state index in [1.807, 2.05) is 43.3 Å². The summed E-state index contributed by atoms with van der Waals surface area (Å²) >= 11 is 0. The van der Waals surface area contributed by atoms with Gasteiger partial charge in [-0.05, 0) is 35.4 Å². The molecular weight excluding hydrogens is 274 g/mol. The number of phenols is 1. The van der Waals surface area contributed by atoms with Crippen LogP contribution in [0.5, 0.6) is 5.75 Å². The number of benzene rings is 2. The van der Waals surface area contributed by atoms with Gasteiger partial charge in [-0.1, -0.05) is 12.1 Å². The Labute approximate surface area is 122 Å². The summed E-state index contributed by atoms with van der Waals surface area (Å²) in [6.07, 6.45) is 0. The van der Waals surface area contributed by atoms with Gasteiger partial charge in [0, 0.05) is 32.9 Å². The van der Waals surface area contributed by atoms with Crippen molar-refractivity contribution < 1.29 is 13.9 Å². The molecule has 0 unspecified atom stereocenters. The van der Waals surface area contributed by atoms with E-state index in [0.29, 0.717) is 18.7 Å². The van der Waals surface area contributed by atoms with Crippen LogP contribution in [0, 0.1) is 11.6 Å². The lowest BCUT2D eigenvalue weighted by atomic mass is 10.1. The van der Waals surface area contributed by atoms with Crippen molar-refractivity contribution in [2.75, 3.05) is 19.0 Å². The normalized spacial score (nSPS) is 10.7. The van der Waals surface area contributed by atoms with Crippen molar-refractivity contribution in [3.63, 3.8) is 0 Å². The minimum atomic E-state index is -0.942. The first kappa shape index (κ1) is 15.3. The van der Waals surface area contributed by atoms with Crippen LogP contribution in [0.3, 0.4) is 0 Å². The summed E-state index contributed by atoms with van der Waals surface area (Å²) in [4.78, 5) is 2.01. The Morgan fingerprint density at radius 2 is 1.48 bits per heavy atom. The molecule has 2 aromatic rings. The van der Waals surface area contributed by atoms with Gasteiger partial charge in [0.05, 0.1) is 0 Å². The number of aromatic hydroxyl groups is 1. The molecule has 21 heavy (non-hydrogen) atoms. The molecule has 0 aromatic heterocycles. The van der Waals surface area contributed by atoms with Crippen LogP contribution in [-0.2, 0) is 13.1 Å². The molecule has 2 rings (SSSR count). The third kappa shape index (κ3) is 3.92. The van der Waals surface area contributed by atoms with Gasteiger partial charge in [0.2, 0.25) is 0 Å². The first-order chi connectivity index (χ1) is 9.97. The van der Waals surface area contributed by atoms with Gasteiger partial charge in [0.15, 0.2) is 17.4 Å². The molecule has 0 aliphatic rings. The zero-order chi connectivity index (χ0) is 15.4. The van der Waals surface area contributed by atoms with Gasteiger partial charge >= 0.3 is 0 Å². The number of anilines is 1. The Morgan fingerprint density at radius 3 is 2.00 bits per heavy atom. The van der Waals surface area contributed by atoms with Gasteiger partial charge < -0.3 is 15.3 Å². The smallest absolute Gasteiger partial charge is 0.187 e. The minimum Gasteiger partial charge on any atom is -0.503 e. The molecule has 0 aliphatic carbocycles. The van der Waals surface area contributed by atoms with Gasteiger partial charge in [-0.15, -0.1) is 0 Å². The molecule has 0 radical (unpaired) electrons. The highest BCUT2D eigenvalue weighted by molar-refractivity contribution is 5.45. The molecule has 0 saturated heterocycles. The zero-order valence-electron chi connectivity index (χ0n) is 12.0. The topological polar surface area (TPSA) is 35.5 Å². The van der Waals surface area contributed by atoms with Crippen LogP contribution >= 0.6 is 0 Å². The molecule has 0 saturated carbocycles. The van der Waals surface area contributed by atoms with Gasteiger partial charge in [-0.2, -0.15) is 0 Å². The van der Waals surface area contributed by atoms with E-state index in [-0.39, 0.29) is 0 Å². The van der Waals surface area contributed by atoms with Gasteiger partial charge in [0.1, 0.15) is 0 Å². The van der Waals surface area contributed by atoms with Gasteiger partial charge in [-0.3, -0.25) is 0 Å². The van der Waals surface area contributed by atoms with E-state index in [9.17, 15) is 8.78 Å². The second-order valence-corrected chi connectivity index (χ2v) is 5.07. The van der Waals surface area contributed by atoms with Gasteiger partial charge in [0.25, 0.3) is 0 Å². The number of rotatable bonds is 5. The summed E-state index contributed by atoms with van der Waals surface area (Å²) in [5, 5.41) is 12.1. The van der Waals surface area contributed by atoms with Crippen molar-refractivity contribution in [1.82, 2.24) is 5.32 Å². The van der Waals surface area contributed by atoms with E-state index in [4.69, 9.17) is 5.11 Å². The quantitative estimate of drug-likeness (QED) is 0.889. The lowest BCUT2D eigenvalue weighted by Gasteiger charge is -2.13. The Kier molecular flexibility index (Phi) is 4.75. The summed E-state index contributed by atoms with van der Waals surface area (Å²) in [6.45, 7) is 0.918. The Balaban J connectivity index is 1.92. The molecule has 2 N–H and O–H groups in total. The zero-order valence-corrected chi connectivity index (χ0v) is 12.0. The maximum absolute atomic E-state index is 13.2. The highest BCUT2D eigenvalue weighted by Crippen LogP contribution is 2.21. The summed E-state index contributed by atoms with van der Waals surface area (Å²) < 4.78 is 26.4. The Bertz CT molecular complexity index is 589. The average Bonchev–Trinajstić information content (AvgIpc) is 2.45. The average molecular weight is 292 g/mol. The van der Waals surface area contributed by atoms with E-state index >= 15 is 0 Å². The second-order valence-electron chi connectivity index (χ2n) is 5.07. The summed E-state index contributed by atoms with van der Waals surface area (Å²) in [5.41, 5.74) is 2.65. The van der Waals surface area contributed by atoms with Crippen LogP contribution in [0.4, 0.5) is 14.5 Å². The first-order valence-corrected chi connectivity index (χ1v) is 6.61. The lowest BCUT2D eigenvalue weighted by Crippen LogP contribution is -2.13. The van der Waals surface area contributed by atoms with Crippen molar-refractivity contribution in [3.05, 3.63) is 59.2 Å². The van der Waals surface area contributed by atoms with E-state index in [2.05, 4.69) is 5.32 Å². The van der Waals surface area contributed by atoms with Crippen molar-refractivity contribution in [2.24, 2.45) is 0 Å². The third-order valence-electron chi connectivity index (χ3n) is 3.19. The molecular formula is C16H18F2N2O. The number of nitrogens with one attached hydrogen (secondary N) is 1. The molecule has 0 spiro atoms. The number of phenolic OH excluding ortho intramolecular Hbond substituents is 1. The highest BCUT2D eigenvalue weighted by Gasteiger charge is 2.09. The second kappa shape index (κ2) is 6.54. The molecule has 0 atom stereocenters. The minimum absolute atomic E-state index is 0.323. The lowest BCUT2D eigenvalue weighted by molar-refractivity contribution is 0.395. The highest BCUT2D eigenvalue weighted by atomic mass is 19.1. The molecule has 112 valence electrons. The maximum Gasteiger partial charge on any atom is 0.187 e. The number of halogens is 2. The van der Waals surface area contributed by atoms with Crippen LogP contribution in [-0.4, -0.2) is 19.2 Å². The fourth-order valence-electron chi connectivity index (χ4n) is 1.98. The summed E-state index contributed by atoms with van der Waals surface area (Å²) in [5.74, 6) is -2.82. The van der Waals surface area contributed by atoms with Crippen LogP contribution < -0.4 is 10.2 Å². The molecule has 2 aromatic carbocycles. The summed E-state index contributed by atoms with van der Waals surface area (Å²) in [7, 11) is 3.95. The van der Waals surface area contributed by atoms with E-state index in [1.165, 1.54) is 0 Å². The monoisotopic (exact) mass is 292 g/mol. The Morgan fingerprint density at radius 1 is 0.952 bits per heavy atom. The van der Waals surface area contributed by atoms with E-state index in [1.54, 1.807) is 0 Å². The fourth-order valence-corrected chi connectivity index (χ4v) is 1.98. The first-order valence-electron chi connectivity index (χ1n) is 6.61. The number of hydrogen-bond donors (Lipinski definition) is 2. The van der Waals surface area contributed by atoms with Crippen molar-refractivity contribution in [3.8, 4) is 5.75 Å². The molecule has 0 heterocycles. The summed E-state index contributed by atoms with van der Waals surface area (Å²) in [6, 6.07) is 10.3. The van der Waals surface area contributed by atoms with Crippen molar-refractivity contribution >= 4 is 5.69 Å².